The van der Waals surface area contributed by atoms with Crippen molar-refractivity contribution in [2.75, 3.05) is 24.2 Å². The zero-order valence-corrected chi connectivity index (χ0v) is 15.8. The van der Waals surface area contributed by atoms with Gasteiger partial charge in [0.15, 0.2) is 0 Å². The monoisotopic (exact) mass is 383 g/mol. The van der Waals surface area contributed by atoms with E-state index in [4.69, 9.17) is 16.3 Å². The second-order valence-corrected chi connectivity index (χ2v) is 7.97. The molecule has 0 aliphatic rings. The van der Waals surface area contributed by atoms with Crippen LogP contribution in [0.2, 0.25) is 5.02 Å². The molecule has 0 fully saturated rings. The van der Waals surface area contributed by atoms with Gasteiger partial charge in [0.2, 0.25) is 0 Å². The van der Waals surface area contributed by atoms with Gasteiger partial charge in [0.05, 0.1) is 29.3 Å². The summed E-state index contributed by atoms with van der Waals surface area (Å²) in [5.74, 6) is 0.487. The van der Waals surface area contributed by atoms with Crippen LogP contribution in [0.3, 0.4) is 0 Å². The number of hydrogen-bond acceptors (Lipinski definition) is 4. The fraction of sp³-hybridized carbons (Fsp3) is 0.176. The highest BCUT2D eigenvalue weighted by atomic mass is 35.5. The van der Waals surface area contributed by atoms with Crippen molar-refractivity contribution in [2.45, 2.75) is 9.79 Å². The second-order valence-electron chi connectivity index (χ2n) is 4.82. The van der Waals surface area contributed by atoms with E-state index >= 15 is 0 Å². The predicted octanol–water partition coefficient (Wildman–Crippen LogP) is 4.45. The average Bonchev–Trinajstić information content (AvgIpc) is 2.59. The highest BCUT2D eigenvalue weighted by Gasteiger charge is 2.24. The Balaban J connectivity index is 2.48. The summed E-state index contributed by atoms with van der Waals surface area (Å²) in [5.41, 5.74) is 0.453. The third kappa shape index (κ3) is 3.88. The molecule has 0 saturated heterocycles. The van der Waals surface area contributed by atoms with Crippen molar-refractivity contribution >= 4 is 39.1 Å². The van der Waals surface area contributed by atoms with E-state index < -0.39 is 10.0 Å². The minimum Gasteiger partial charge on any atom is -0.495 e. The van der Waals surface area contributed by atoms with Crippen LogP contribution in [0.5, 0.6) is 5.75 Å². The Hall–Kier alpha value is -1.63. The lowest BCUT2D eigenvalue weighted by molar-refractivity contribution is 0.415. The Labute approximate surface area is 152 Å². The van der Waals surface area contributed by atoms with E-state index in [2.05, 4.69) is 6.58 Å². The molecule has 0 unspecified atom stereocenters. The van der Waals surface area contributed by atoms with Crippen molar-refractivity contribution in [1.82, 2.24) is 0 Å². The molecule has 0 bridgehead atoms. The topological polar surface area (TPSA) is 46.6 Å². The number of anilines is 1. The van der Waals surface area contributed by atoms with Gasteiger partial charge in [0.1, 0.15) is 5.75 Å². The highest BCUT2D eigenvalue weighted by Crippen LogP contribution is 2.32. The van der Waals surface area contributed by atoms with Crippen molar-refractivity contribution in [1.29, 1.82) is 0 Å². The number of benzene rings is 2. The molecule has 128 valence electrons. The van der Waals surface area contributed by atoms with Crippen molar-refractivity contribution in [3.05, 3.63) is 60.1 Å². The largest absolute Gasteiger partial charge is 0.495 e. The first-order chi connectivity index (χ1) is 11.4. The zero-order valence-electron chi connectivity index (χ0n) is 13.4. The molecule has 0 amide bonds. The molecular weight excluding hydrogens is 366 g/mol. The lowest BCUT2D eigenvalue weighted by atomic mass is 10.3. The van der Waals surface area contributed by atoms with E-state index in [0.717, 1.165) is 4.90 Å². The number of hydrogen-bond donors (Lipinski definition) is 0. The average molecular weight is 384 g/mol. The van der Waals surface area contributed by atoms with Crippen molar-refractivity contribution < 1.29 is 13.2 Å². The second kappa shape index (κ2) is 7.96. The quantitative estimate of drug-likeness (QED) is 0.523. The Morgan fingerprint density at radius 3 is 2.42 bits per heavy atom. The maximum atomic E-state index is 13.0. The van der Waals surface area contributed by atoms with E-state index in [1.807, 2.05) is 6.26 Å². The van der Waals surface area contributed by atoms with Crippen LogP contribution in [0.25, 0.3) is 0 Å². The number of halogens is 1. The number of rotatable bonds is 7. The lowest BCUT2D eigenvalue weighted by Gasteiger charge is -2.23. The van der Waals surface area contributed by atoms with Gasteiger partial charge < -0.3 is 4.74 Å². The first kappa shape index (κ1) is 18.7. The molecule has 0 radical (unpaired) electrons. The van der Waals surface area contributed by atoms with Gasteiger partial charge in [-0.05, 0) is 48.7 Å². The van der Waals surface area contributed by atoms with Crippen LogP contribution in [0.15, 0.2) is 64.9 Å². The van der Waals surface area contributed by atoms with Crippen molar-refractivity contribution in [2.24, 2.45) is 0 Å². The van der Waals surface area contributed by atoms with Gasteiger partial charge in [-0.15, -0.1) is 18.3 Å². The number of sulfonamides is 1. The van der Waals surface area contributed by atoms with Gasteiger partial charge in [0, 0.05) is 4.90 Å². The third-order valence-electron chi connectivity index (χ3n) is 3.37. The predicted molar refractivity (Wildman–Crippen MR) is 101 cm³/mol. The summed E-state index contributed by atoms with van der Waals surface area (Å²) >= 11 is 7.69. The molecule has 0 N–H and O–H groups in total. The molecule has 0 aromatic heterocycles. The van der Waals surface area contributed by atoms with Crippen molar-refractivity contribution in [3.63, 3.8) is 0 Å². The summed E-state index contributed by atoms with van der Waals surface area (Å²) in [6.45, 7) is 3.78. The van der Waals surface area contributed by atoms with E-state index in [1.54, 1.807) is 54.2 Å². The molecule has 2 aromatic rings. The molecule has 0 aliphatic carbocycles. The molecule has 0 spiro atoms. The molecule has 4 nitrogen and oxygen atoms in total. The lowest BCUT2D eigenvalue weighted by Crippen LogP contribution is -2.31. The highest BCUT2D eigenvalue weighted by molar-refractivity contribution is 7.98. The molecule has 2 aromatic carbocycles. The Morgan fingerprint density at radius 1 is 1.25 bits per heavy atom. The fourth-order valence-electron chi connectivity index (χ4n) is 2.14. The number of nitrogens with zero attached hydrogens (tertiary/aromatic N) is 1. The minimum atomic E-state index is -3.72. The molecule has 0 heterocycles. The van der Waals surface area contributed by atoms with Gasteiger partial charge in [0.25, 0.3) is 10.0 Å². The van der Waals surface area contributed by atoms with Gasteiger partial charge in [-0.3, -0.25) is 4.31 Å². The normalized spacial score (nSPS) is 11.1. The van der Waals surface area contributed by atoms with Crippen LogP contribution < -0.4 is 9.04 Å². The Morgan fingerprint density at radius 2 is 1.92 bits per heavy atom. The summed E-state index contributed by atoms with van der Waals surface area (Å²) in [4.78, 5) is 1.21. The van der Waals surface area contributed by atoms with Crippen LogP contribution in [0, 0.1) is 0 Å². The van der Waals surface area contributed by atoms with Crippen LogP contribution in [0.1, 0.15) is 0 Å². The first-order valence-electron chi connectivity index (χ1n) is 7.05. The Kier molecular flexibility index (Phi) is 6.21. The maximum absolute atomic E-state index is 13.0. The molecular formula is C17H18ClNO3S2. The van der Waals surface area contributed by atoms with E-state index in [-0.39, 0.29) is 11.4 Å². The summed E-state index contributed by atoms with van der Waals surface area (Å²) in [6.07, 6.45) is 3.47. The SMILES string of the molecule is C=CCN(c1ccc(OC)c(Cl)c1)S(=O)(=O)c1ccc(SC)cc1. The van der Waals surface area contributed by atoms with Crippen LogP contribution in [-0.4, -0.2) is 28.3 Å². The third-order valence-corrected chi connectivity index (χ3v) is 6.21. The standard InChI is InChI=1S/C17H18ClNO3S2/c1-4-11-19(13-5-10-17(22-2)16(18)12-13)24(20,21)15-8-6-14(23-3)7-9-15/h4-10,12H,1,11H2,2-3H3. The van der Waals surface area contributed by atoms with E-state index in [1.165, 1.54) is 17.5 Å². The summed E-state index contributed by atoms with van der Waals surface area (Å²) in [6, 6.07) is 11.6. The number of ether oxygens (including phenoxy) is 1. The van der Waals surface area contributed by atoms with Crippen LogP contribution >= 0.6 is 23.4 Å². The minimum absolute atomic E-state index is 0.134. The van der Waals surface area contributed by atoms with Gasteiger partial charge in [-0.2, -0.15) is 0 Å². The summed E-state index contributed by atoms with van der Waals surface area (Å²) < 4.78 is 32.3. The molecule has 2 rings (SSSR count). The molecule has 0 aliphatic heterocycles. The maximum Gasteiger partial charge on any atom is 0.264 e. The first-order valence-corrected chi connectivity index (χ1v) is 10.1. The van der Waals surface area contributed by atoms with Crippen molar-refractivity contribution in [3.8, 4) is 5.75 Å². The smallest absolute Gasteiger partial charge is 0.264 e. The zero-order chi connectivity index (χ0) is 17.7. The molecule has 7 heteroatoms. The van der Waals surface area contributed by atoms with Crippen LogP contribution in [0.4, 0.5) is 5.69 Å². The molecule has 0 saturated carbocycles. The molecule has 24 heavy (non-hydrogen) atoms. The molecule has 0 atom stereocenters. The van der Waals surface area contributed by atoms with Crippen LogP contribution in [-0.2, 0) is 10.0 Å². The number of methoxy groups -OCH3 is 1. The Bertz CT molecular complexity index is 820. The fourth-order valence-corrected chi connectivity index (χ4v) is 4.23. The van der Waals surface area contributed by atoms with Gasteiger partial charge in [-0.1, -0.05) is 17.7 Å². The van der Waals surface area contributed by atoms with E-state index in [9.17, 15) is 8.42 Å². The van der Waals surface area contributed by atoms with Gasteiger partial charge >= 0.3 is 0 Å². The summed E-state index contributed by atoms with van der Waals surface area (Å²) in [7, 11) is -2.22. The van der Waals surface area contributed by atoms with E-state index in [0.29, 0.717) is 16.5 Å². The number of thioether (sulfide) groups is 1. The summed E-state index contributed by atoms with van der Waals surface area (Å²) in [5, 5.41) is 0.344. The van der Waals surface area contributed by atoms with Gasteiger partial charge in [-0.25, -0.2) is 8.42 Å².